The fourth-order valence-electron chi connectivity index (χ4n) is 2.81. The van der Waals surface area contributed by atoms with E-state index < -0.39 is 0 Å². The Hall–Kier alpha value is -1.80. The average molecular weight is 268 g/mol. The zero-order chi connectivity index (χ0) is 14.5. The Balaban J connectivity index is 2.26. The Morgan fingerprint density at radius 2 is 1.60 bits per heavy atom. The third kappa shape index (κ3) is 3.02. The summed E-state index contributed by atoms with van der Waals surface area (Å²) in [6.45, 7) is 5.04. The Morgan fingerprint density at radius 3 is 2.20 bits per heavy atom. The second-order valence-corrected chi connectivity index (χ2v) is 5.40. The predicted molar refractivity (Wildman–Crippen MR) is 87.3 cm³/mol. The number of benzene rings is 2. The number of likely N-dealkylation sites (N-methyl/N-ethyl adjacent to an activating group) is 1. The second-order valence-electron chi connectivity index (χ2n) is 5.40. The van der Waals surface area contributed by atoms with E-state index >= 15 is 0 Å². The lowest BCUT2D eigenvalue weighted by atomic mass is 9.92. The normalized spacial score (nSPS) is 13.8. The van der Waals surface area contributed by atoms with Crippen LogP contribution in [0, 0.1) is 6.92 Å². The molecule has 0 aliphatic heterocycles. The Labute approximate surface area is 122 Å². The van der Waals surface area contributed by atoms with Gasteiger partial charge in [-0.2, -0.15) is 0 Å². The number of rotatable bonds is 5. The molecule has 106 valence electrons. The van der Waals surface area contributed by atoms with Crippen LogP contribution in [0.5, 0.6) is 0 Å². The minimum Gasteiger partial charge on any atom is -0.370 e. The molecule has 2 atom stereocenters. The molecule has 2 nitrogen and oxygen atoms in total. The summed E-state index contributed by atoms with van der Waals surface area (Å²) in [5.41, 5.74) is 9.94. The quantitative estimate of drug-likeness (QED) is 0.898. The van der Waals surface area contributed by atoms with Gasteiger partial charge in [0.15, 0.2) is 0 Å². The van der Waals surface area contributed by atoms with Crippen molar-refractivity contribution in [3.05, 3.63) is 65.7 Å². The van der Waals surface area contributed by atoms with Crippen LogP contribution in [-0.4, -0.2) is 19.6 Å². The maximum absolute atomic E-state index is 6.06. The highest BCUT2D eigenvalue weighted by atomic mass is 15.1. The summed E-state index contributed by atoms with van der Waals surface area (Å²) < 4.78 is 0. The summed E-state index contributed by atoms with van der Waals surface area (Å²) in [4.78, 5) is 2.31. The maximum atomic E-state index is 6.06. The molecule has 0 amide bonds. The molecule has 0 aromatic heterocycles. The fraction of sp³-hybridized carbons (Fsp3) is 0.333. The van der Waals surface area contributed by atoms with Crippen molar-refractivity contribution < 1.29 is 0 Å². The van der Waals surface area contributed by atoms with Crippen LogP contribution in [0.2, 0.25) is 0 Å². The van der Waals surface area contributed by atoms with E-state index in [-0.39, 0.29) is 0 Å². The maximum Gasteiger partial charge on any atom is 0.0475 e. The summed E-state index contributed by atoms with van der Waals surface area (Å²) in [5, 5.41) is 0. The number of nitrogens with two attached hydrogens (primary N) is 1. The molecule has 2 N–H and O–H groups in total. The molecule has 0 aliphatic carbocycles. The topological polar surface area (TPSA) is 29.3 Å². The zero-order valence-corrected chi connectivity index (χ0v) is 12.6. The van der Waals surface area contributed by atoms with Gasteiger partial charge in [-0.15, -0.1) is 0 Å². The van der Waals surface area contributed by atoms with Crippen LogP contribution in [0.4, 0.5) is 5.69 Å². The van der Waals surface area contributed by atoms with Crippen molar-refractivity contribution in [1.82, 2.24) is 0 Å². The lowest BCUT2D eigenvalue weighted by Crippen LogP contribution is -2.42. The van der Waals surface area contributed by atoms with E-state index in [1.165, 1.54) is 16.8 Å². The zero-order valence-electron chi connectivity index (χ0n) is 12.6. The van der Waals surface area contributed by atoms with Crippen molar-refractivity contribution in [2.45, 2.75) is 25.8 Å². The van der Waals surface area contributed by atoms with E-state index in [9.17, 15) is 0 Å². The largest absolute Gasteiger partial charge is 0.370 e. The number of aryl methyl sites for hydroxylation is 1. The highest BCUT2D eigenvalue weighted by Gasteiger charge is 2.22. The first kappa shape index (κ1) is 14.6. The molecule has 2 aromatic carbocycles. The van der Waals surface area contributed by atoms with E-state index in [2.05, 4.69) is 80.4 Å². The first-order valence-corrected chi connectivity index (χ1v) is 7.18. The van der Waals surface area contributed by atoms with Crippen molar-refractivity contribution in [1.29, 1.82) is 0 Å². The number of anilines is 1. The molecule has 0 bridgehead atoms. The second kappa shape index (κ2) is 6.58. The lowest BCUT2D eigenvalue weighted by Gasteiger charge is -2.35. The minimum atomic E-state index is 0.290. The minimum absolute atomic E-state index is 0.290. The van der Waals surface area contributed by atoms with Crippen molar-refractivity contribution in [3.63, 3.8) is 0 Å². The monoisotopic (exact) mass is 268 g/mol. The molecule has 2 unspecified atom stereocenters. The Morgan fingerprint density at radius 1 is 1.00 bits per heavy atom. The van der Waals surface area contributed by atoms with Crippen LogP contribution in [0.1, 0.15) is 24.0 Å². The average Bonchev–Trinajstić information content (AvgIpc) is 2.49. The number of hydrogen-bond donors (Lipinski definition) is 1. The van der Waals surface area contributed by atoms with Gasteiger partial charge in [0.25, 0.3) is 0 Å². The number of nitrogens with zero attached hydrogens (tertiary/aromatic N) is 1. The van der Waals surface area contributed by atoms with Crippen LogP contribution in [0.15, 0.2) is 54.6 Å². The van der Waals surface area contributed by atoms with Gasteiger partial charge in [-0.3, -0.25) is 0 Å². The molecule has 0 radical (unpaired) electrons. The molecular formula is C18H24N2. The SMILES string of the molecule is Cc1ccccc1N(C)C(CN)C(C)c1ccccc1. The Bertz CT molecular complexity index is 536. The van der Waals surface area contributed by atoms with E-state index in [0.717, 1.165) is 0 Å². The van der Waals surface area contributed by atoms with Gasteiger partial charge >= 0.3 is 0 Å². The number of hydrogen-bond acceptors (Lipinski definition) is 2. The van der Waals surface area contributed by atoms with Gasteiger partial charge in [-0.1, -0.05) is 55.5 Å². The molecule has 0 saturated heterocycles. The van der Waals surface area contributed by atoms with E-state index in [1.54, 1.807) is 0 Å². The van der Waals surface area contributed by atoms with Gasteiger partial charge < -0.3 is 10.6 Å². The van der Waals surface area contributed by atoms with Crippen molar-refractivity contribution in [2.24, 2.45) is 5.73 Å². The molecule has 2 heteroatoms. The van der Waals surface area contributed by atoms with Crippen LogP contribution >= 0.6 is 0 Å². The van der Waals surface area contributed by atoms with Crippen LogP contribution in [0.3, 0.4) is 0 Å². The van der Waals surface area contributed by atoms with Crippen LogP contribution in [-0.2, 0) is 0 Å². The highest BCUT2D eigenvalue weighted by molar-refractivity contribution is 5.53. The molecule has 20 heavy (non-hydrogen) atoms. The molecule has 0 aliphatic rings. The van der Waals surface area contributed by atoms with Gasteiger partial charge in [0.2, 0.25) is 0 Å². The standard InChI is InChI=1S/C18H24N2/c1-14-9-7-8-12-17(14)20(3)18(13-19)15(2)16-10-5-4-6-11-16/h4-12,15,18H,13,19H2,1-3H3. The van der Waals surface area contributed by atoms with Crippen LogP contribution < -0.4 is 10.6 Å². The molecule has 0 spiro atoms. The first-order valence-electron chi connectivity index (χ1n) is 7.18. The first-order chi connectivity index (χ1) is 9.65. The third-order valence-corrected chi connectivity index (χ3v) is 4.14. The molecular weight excluding hydrogens is 244 g/mol. The fourth-order valence-corrected chi connectivity index (χ4v) is 2.81. The summed E-state index contributed by atoms with van der Waals surface area (Å²) >= 11 is 0. The van der Waals surface area contributed by atoms with Crippen molar-refractivity contribution >= 4 is 5.69 Å². The summed E-state index contributed by atoms with van der Waals surface area (Å²) in [6.07, 6.45) is 0. The lowest BCUT2D eigenvalue weighted by molar-refractivity contribution is 0.546. The summed E-state index contributed by atoms with van der Waals surface area (Å²) in [5.74, 6) is 0.394. The Kier molecular flexibility index (Phi) is 4.80. The molecule has 0 saturated carbocycles. The van der Waals surface area contributed by atoms with Gasteiger partial charge in [0.05, 0.1) is 0 Å². The van der Waals surface area contributed by atoms with E-state index in [1.807, 2.05) is 0 Å². The van der Waals surface area contributed by atoms with Crippen molar-refractivity contribution in [3.8, 4) is 0 Å². The molecule has 0 fully saturated rings. The summed E-state index contributed by atoms with van der Waals surface area (Å²) in [6, 6.07) is 19.3. The van der Waals surface area contributed by atoms with Gasteiger partial charge in [-0.25, -0.2) is 0 Å². The molecule has 2 rings (SSSR count). The molecule has 2 aromatic rings. The highest BCUT2D eigenvalue weighted by Crippen LogP contribution is 2.27. The van der Waals surface area contributed by atoms with Gasteiger partial charge in [0, 0.05) is 31.2 Å². The van der Waals surface area contributed by atoms with Gasteiger partial charge in [0.1, 0.15) is 0 Å². The van der Waals surface area contributed by atoms with Crippen LogP contribution in [0.25, 0.3) is 0 Å². The van der Waals surface area contributed by atoms with E-state index in [0.29, 0.717) is 18.5 Å². The smallest absolute Gasteiger partial charge is 0.0475 e. The molecule has 0 heterocycles. The van der Waals surface area contributed by atoms with Crippen molar-refractivity contribution in [2.75, 3.05) is 18.5 Å². The van der Waals surface area contributed by atoms with E-state index in [4.69, 9.17) is 5.73 Å². The van der Waals surface area contributed by atoms with Gasteiger partial charge in [-0.05, 0) is 24.1 Å². The summed E-state index contributed by atoms with van der Waals surface area (Å²) in [7, 11) is 2.14. The third-order valence-electron chi connectivity index (χ3n) is 4.14. The predicted octanol–water partition coefficient (Wildman–Crippen LogP) is 3.56. The number of para-hydroxylation sites is 1.